The van der Waals surface area contributed by atoms with Crippen molar-refractivity contribution in [2.24, 2.45) is 0 Å². The van der Waals surface area contributed by atoms with Crippen molar-refractivity contribution in [3.05, 3.63) is 39.7 Å². The molecule has 1 heterocycles. The van der Waals surface area contributed by atoms with Crippen LogP contribution < -0.4 is 10.6 Å². The summed E-state index contributed by atoms with van der Waals surface area (Å²) in [5.74, 6) is 1.74. The van der Waals surface area contributed by atoms with Gasteiger partial charge in [-0.15, -0.1) is 0 Å². The number of halogens is 1. The Morgan fingerprint density at radius 3 is 2.63 bits per heavy atom. The molecule has 5 heteroatoms. The smallest absolute Gasteiger partial charge is 0.138 e. The molecule has 0 spiro atoms. The fourth-order valence-corrected chi connectivity index (χ4v) is 2.21. The van der Waals surface area contributed by atoms with Crippen LogP contribution in [0.2, 0.25) is 0 Å². The molecule has 0 fully saturated rings. The van der Waals surface area contributed by atoms with Crippen molar-refractivity contribution in [3.8, 4) is 0 Å². The molecule has 1 aromatic carbocycles. The van der Waals surface area contributed by atoms with Gasteiger partial charge >= 0.3 is 0 Å². The number of nitrogens with zero attached hydrogens (tertiary/aromatic N) is 2. The molecule has 2 N–H and O–H groups in total. The summed E-state index contributed by atoms with van der Waals surface area (Å²) < 4.78 is 1.17. The van der Waals surface area contributed by atoms with Crippen LogP contribution in [0, 0.1) is 10.5 Å². The third kappa shape index (κ3) is 3.56. The number of aromatic nitrogens is 2. The summed E-state index contributed by atoms with van der Waals surface area (Å²) in [6, 6.07) is 8.14. The van der Waals surface area contributed by atoms with Crippen molar-refractivity contribution in [2.45, 2.75) is 20.3 Å². The Morgan fingerprint density at radius 1 is 1.16 bits per heavy atom. The molecule has 2 rings (SSSR count). The largest absolute Gasteiger partial charge is 0.370 e. The van der Waals surface area contributed by atoms with Crippen LogP contribution >= 0.6 is 22.6 Å². The van der Waals surface area contributed by atoms with Gasteiger partial charge in [-0.1, -0.05) is 19.1 Å². The van der Waals surface area contributed by atoms with Gasteiger partial charge in [0.1, 0.15) is 18.0 Å². The molecule has 0 atom stereocenters. The topological polar surface area (TPSA) is 49.8 Å². The van der Waals surface area contributed by atoms with E-state index in [2.05, 4.69) is 56.2 Å². The Bertz CT molecular complexity index is 557. The molecule has 0 bridgehead atoms. The van der Waals surface area contributed by atoms with Gasteiger partial charge in [0.25, 0.3) is 0 Å². The maximum absolute atomic E-state index is 4.32. The number of para-hydroxylation sites is 1. The van der Waals surface area contributed by atoms with Crippen LogP contribution in [0.4, 0.5) is 17.3 Å². The van der Waals surface area contributed by atoms with Crippen LogP contribution in [-0.4, -0.2) is 16.5 Å². The van der Waals surface area contributed by atoms with E-state index in [0.29, 0.717) is 0 Å². The second kappa shape index (κ2) is 6.70. The Balaban J connectivity index is 2.23. The fraction of sp³-hybridized carbons (Fsp3) is 0.286. The molecule has 2 aromatic rings. The standard InChI is InChI=1S/C14H17IN4/c1-3-8-16-13-10(2)14(18-9-17-13)19-12-7-5-4-6-11(12)15/h4-7,9H,3,8H2,1-2H3,(H2,16,17,18,19). The van der Waals surface area contributed by atoms with Crippen molar-refractivity contribution in [3.63, 3.8) is 0 Å². The summed E-state index contributed by atoms with van der Waals surface area (Å²) in [6.45, 7) is 5.07. The summed E-state index contributed by atoms with van der Waals surface area (Å²) in [7, 11) is 0. The molecule has 0 aliphatic rings. The molecule has 0 aliphatic carbocycles. The van der Waals surface area contributed by atoms with Crippen LogP contribution in [0.25, 0.3) is 0 Å². The van der Waals surface area contributed by atoms with Gasteiger partial charge in [0.05, 0.1) is 5.69 Å². The van der Waals surface area contributed by atoms with Crippen molar-refractivity contribution >= 4 is 39.9 Å². The van der Waals surface area contributed by atoms with Crippen LogP contribution in [0.15, 0.2) is 30.6 Å². The first-order valence-electron chi connectivity index (χ1n) is 6.29. The number of benzene rings is 1. The Kier molecular flexibility index (Phi) is 4.95. The van der Waals surface area contributed by atoms with Crippen LogP contribution in [0.1, 0.15) is 18.9 Å². The zero-order chi connectivity index (χ0) is 13.7. The lowest BCUT2D eigenvalue weighted by molar-refractivity contribution is 0.960. The van der Waals surface area contributed by atoms with E-state index in [1.54, 1.807) is 6.33 Å². The fourth-order valence-electron chi connectivity index (χ4n) is 1.69. The molecular weight excluding hydrogens is 351 g/mol. The minimum Gasteiger partial charge on any atom is -0.370 e. The average molecular weight is 368 g/mol. The molecule has 4 nitrogen and oxygen atoms in total. The number of hydrogen-bond donors (Lipinski definition) is 2. The van der Waals surface area contributed by atoms with Gasteiger partial charge in [-0.2, -0.15) is 0 Å². The van der Waals surface area contributed by atoms with Gasteiger partial charge in [0, 0.05) is 15.7 Å². The summed E-state index contributed by atoms with van der Waals surface area (Å²) >= 11 is 2.31. The molecule has 0 aliphatic heterocycles. The maximum atomic E-state index is 4.32. The maximum Gasteiger partial charge on any atom is 0.138 e. The number of hydrogen-bond acceptors (Lipinski definition) is 4. The number of rotatable bonds is 5. The molecule has 0 radical (unpaired) electrons. The van der Waals surface area contributed by atoms with Crippen molar-refractivity contribution < 1.29 is 0 Å². The van der Waals surface area contributed by atoms with E-state index in [1.165, 1.54) is 3.57 Å². The lowest BCUT2D eigenvalue weighted by Crippen LogP contribution is -2.07. The van der Waals surface area contributed by atoms with Crippen molar-refractivity contribution in [1.29, 1.82) is 0 Å². The third-order valence-corrected chi connectivity index (χ3v) is 3.69. The zero-order valence-electron chi connectivity index (χ0n) is 11.1. The minimum absolute atomic E-state index is 0.845. The van der Waals surface area contributed by atoms with E-state index in [1.807, 2.05) is 25.1 Å². The first-order valence-corrected chi connectivity index (χ1v) is 7.37. The SMILES string of the molecule is CCCNc1ncnc(Nc2ccccc2I)c1C. The van der Waals surface area contributed by atoms with E-state index in [4.69, 9.17) is 0 Å². The lowest BCUT2D eigenvalue weighted by Gasteiger charge is -2.13. The Hall–Kier alpha value is -1.37. The molecular formula is C14H17IN4. The van der Waals surface area contributed by atoms with E-state index < -0.39 is 0 Å². The van der Waals surface area contributed by atoms with Crippen LogP contribution in [0.3, 0.4) is 0 Å². The lowest BCUT2D eigenvalue weighted by atomic mass is 10.2. The highest BCUT2D eigenvalue weighted by molar-refractivity contribution is 14.1. The van der Waals surface area contributed by atoms with E-state index in [-0.39, 0.29) is 0 Å². The molecule has 0 amide bonds. The Labute approximate surface area is 127 Å². The molecule has 0 saturated carbocycles. The molecule has 1 aromatic heterocycles. The van der Waals surface area contributed by atoms with E-state index in [0.717, 1.165) is 35.9 Å². The van der Waals surface area contributed by atoms with Gasteiger partial charge in [0.15, 0.2) is 0 Å². The first kappa shape index (κ1) is 14.0. The second-order valence-electron chi connectivity index (χ2n) is 4.23. The highest BCUT2D eigenvalue weighted by atomic mass is 127. The zero-order valence-corrected chi connectivity index (χ0v) is 13.2. The van der Waals surface area contributed by atoms with Gasteiger partial charge in [-0.25, -0.2) is 9.97 Å². The number of nitrogens with one attached hydrogen (secondary N) is 2. The van der Waals surface area contributed by atoms with Gasteiger partial charge in [-0.05, 0) is 48.1 Å². The summed E-state index contributed by atoms with van der Waals surface area (Å²) in [5.41, 5.74) is 2.10. The molecule has 0 saturated heterocycles. The second-order valence-corrected chi connectivity index (χ2v) is 5.39. The highest BCUT2D eigenvalue weighted by Gasteiger charge is 2.07. The molecule has 19 heavy (non-hydrogen) atoms. The summed E-state index contributed by atoms with van der Waals surface area (Å²) in [4.78, 5) is 8.59. The summed E-state index contributed by atoms with van der Waals surface area (Å²) in [6.07, 6.45) is 2.66. The van der Waals surface area contributed by atoms with Gasteiger partial charge in [-0.3, -0.25) is 0 Å². The molecule has 0 unspecified atom stereocenters. The quantitative estimate of drug-likeness (QED) is 0.785. The minimum atomic E-state index is 0.845. The van der Waals surface area contributed by atoms with Crippen molar-refractivity contribution in [1.82, 2.24) is 9.97 Å². The van der Waals surface area contributed by atoms with E-state index in [9.17, 15) is 0 Å². The van der Waals surface area contributed by atoms with Crippen LogP contribution in [0.5, 0.6) is 0 Å². The third-order valence-electron chi connectivity index (χ3n) is 2.75. The van der Waals surface area contributed by atoms with Crippen molar-refractivity contribution in [2.75, 3.05) is 17.2 Å². The monoisotopic (exact) mass is 368 g/mol. The first-order chi connectivity index (χ1) is 9.22. The highest BCUT2D eigenvalue weighted by Crippen LogP contribution is 2.25. The predicted molar refractivity (Wildman–Crippen MR) is 88.0 cm³/mol. The van der Waals surface area contributed by atoms with Gasteiger partial charge in [0.2, 0.25) is 0 Å². The number of anilines is 3. The van der Waals surface area contributed by atoms with Gasteiger partial charge < -0.3 is 10.6 Å². The average Bonchev–Trinajstić information content (AvgIpc) is 2.42. The normalized spacial score (nSPS) is 10.3. The predicted octanol–water partition coefficient (Wildman–Crippen LogP) is 3.96. The molecule has 100 valence electrons. The van der Waals surface area contributed by atoms with E-state index >= 15 is 0 Å². The Morgan fingerprint density at radius 2 is 1.89 bits per heavy atom. The van der Waals surface area contributed by atoms with Crippen LogP contribution in [-0.2, 0) is 0 Å². The summed E-state index contributed by atoms with van der Waals surface area (Å²) in [5, 5.41) is 6.67.